The SMILES string of the molecule is Cc1ccc(C(OC2C[C@H]3CC[C@@H](C2)N3C)c2ccc(C)cc2)cc1. The molecule has 2 aliphatic rings. The predicted octanol–water partition coefficient (Wildman–Crippen LogP) is 5.03. The third-order valence-electron chi connectivity index (χ3n) is 6.14. The van der Waals surface area contributed by atoms with Gasteiger partial charge in [0.05, 0.1) is 6.10 Å². The molecule has 0 amide bonds. The standard InChI is InChI=1S/C23H29NO/c1-16-4-8-18(9-5-16)23(19-10-6-17(2)7-11-19)25-22-14-20-12-13-21(15-22)24(20)3/h4-11,20-23H,12-15H2,1-3H3/t20-,21+,22?. The van der Waals surface area contributed by atoms with E-state index in [0.717, 1.165) is 0 Å². The quantitative estimate of drug-likeness (QED) is 0.776. The largest absolute Gasteiger partial charge is 0.365 e. The minimum Gasteiger partial charge on any atom is -0.365 e. The molecule has 2 aliphatic heterocycles. The van der Waals surface area contributed by atoms with Gasteiger partial charge in [-0.15, -0.1) is 0 Å². The topological polar surface area (TPSA) is 12.5 Å². The number of aryl methyl sites for hydroxylation is 2. The maximum absolute atomic E-state index is 6.75. The molecule has 2 bridgehead atoms. The summed E-state index contributed by atoms with van der Waals surface area (Å²) in [4.78, 5) is 2.58. The molecule has 0 aliphatic carbocycles. The van der Waals surface area contributed by atoms with Gasteiger partial charge in [0.25, 0.3) is 0 Å². The van der Waals surface area contributed by atoms with Gasteiger partial charge in [-0.1, -0.05) is 59.7 Å². The summed E-state index contributed by atoms with van der Waals surface area (Å²) in [6, 6.07) is 19.1. The lowest BCUT2D eigenvalue weighted by Crippen LogP contribution is -2.43. The Hall–Kier alpha value is -1.64. The maximum Gasteiger partial charge on any atom is 0.108 e. The van der Waals surface area contributed by atoms with E-state index in [1.807, 2.05) is 0 Å². The van der Waals surface area contributed by atoms with Crippen molar-refractivity contribution in [1.29, 1.82) is 0 Å². The van der Waals surface area contributed by atoms with E-state index in [-0.39, 0.29) is 6.10 Å². The van der Waals surface area contributed by atoms with Gasteiger partial charge in [-0.05, 0) is 57.7 Å². The molecule has 1 unspecified atom stereocenters. The molecule has 2 saturated heterocycles. The molecular formula is C23H29NO. The Morgan fingerprint density at radius 2 is 1.24 bits per heavy atom. The van der Waals surface area contributed by atoms with Crippen molar-refractivity contribution in [2.45, 2.75) is 63.8 Å². The van der Waals surface area contributed by atoms with Crippen molar-refractivity contribution in [3.63, 3.8) is 0 Å². The highest BCUT2D eigenvalue weighted by Crippen LogP contribution is 2.38. The summed E-state index contributed by atoms with van der Waals surface area (Å²) in [7, 11) is 2.29. The van der Waals surface area contributed by atoms with E-state index < -0.39 is 0 Å². The molecule has 0 aromatic heterocycles. The molecule has 3 atom stereocenters. The van der Waals surface area contributed by atoms with Crippen molar-refractivity contribution < 1.29 is 4.74 Å². The Morgan fingerprint density at radius 1 is 0.800 bits per heavy atom. The maximum atomic E-state index is 6.75. The Balaban J connectivity index is 1.59. The second-order valence-electron chi connectivity index (χ2n) is 7.98. The zero-order chi connectivity index (χ0) is 17.4. The normalized spacial score (nSPS) is 26.3. The van der Waals surface area contributed by atoms with Crippen LogP contribution in [0.1, 0.15) is 54.0 Å². The monoisotopic (exact) mass is 335 g/mol. The highest BCUT2D eigenvalue weighted by Gasteiger charge is 2.39. The van der Waals surface area contributed by atoms with E-state index in [2.05, 4.69) is 74.3 Å². The first-order valence-corrected chi connectivity index (χ1v) is 9.60. The van der Waals surface area contributed by atoms with E-state index in [9.17, 15) is 0 Å². The van der Waals surface area contributed by atoms with Gasteiger partial charge in [0.1, 0.15) is 6.10 Å². The van der Waals surface area contributed by atoms with Crippen LogP contribution in [0.15, 0.2) is 48.5 Å². The van der Waals surface area contributed by atoms with E-state index in [4.69, 9.17) is 4.74 Å². The number of benzene rings is 2. The fourth-order valence-electron chi connectivity index (χ4n) is 4.50. The summed E-state index contributed by atoms with van der Waals surface area (Å²) in [5, 5.41) is 0. The first-order valence-electron chi connectivity index (χ1n) is 9.60. The van der Waals surface area contributed by atoms with Crippen molar-refractivity contribution in [1.82, 2.24) is 4.90 Å². The second kappa shape index (κ2) is 6.93. The summed E-state index contributed by atoms with van der Waals surface area (Å²) >= 11 is 0. The van der Waals surface area contributed by atoms with Gasteiger partial charge in [-0.2, -0.15) is 0 Å². The number of hydrogen-bond acceptors (Lipinski definition) is 2. The molecule has 4 rings (SSSR count). The first-order chi connectivity index (χ1) is 12.1. The highest BCUT2D eigenvalue weighted by atomic mass is 16.5. The third-order valence-corrected chi connectivity index (χ3v) is 6.14. The van der Waals surface area contributed by atoms with E-state index in [0.29, 0.717) is 18.2 Å². The minimum absolute atomic E-state index is 0.0361. The van der Waals surface area contributed by atoms with Crippen LogP contribution in [0, 0.1) is 13.8 Å². The summed E-state index contributed by atoms with van der Waals surface area (Å²) in [6.07, 6.45) is 5.40. The fourth-order valence-corrected chi connectivity index (χ4v) is 4.50. The van der Waals surface area contributed by atoms with Crippen LogP contribution in [0.25, 0.3) is 0 Å². The molecule has 2 nitrogen and oxygen atoms in total. The number of ether oxygens (including phenoxy) is 1. The van der Waals surface area contributed by atoms with Crippen LogP contribution in [0.3, 0.4) is 0 Å². The van der Waals surface area contributed by atoms with Crippen molar-refractivity contribution in [2.75, 3.05) is 7.05 Å². The minimum atomic E-state index is 0.0361. The van der Waals surface area contributed by atoms with E-state index in [1.54, 1.807) is 0 Å². The Labute approximate surface area is 151 Å². The molecule has 0 radical (unpaired) electrons. The van der Waals surface area contributed by atoms with Gasteiger partial charge < -0.3 is 9.64 Å². The van der Waals surface area contributed by atoms with E-state index >= 15 is 0 Å². The van der Waals surface area contributed by atoms with Gasteiger partial charge in [0.2, 0.25) is 0 Å². The molecule has 132 valence electrons. The number of rotatable bonds is 4. The van der Waals surface area contributed by atoms with Crippen molar-refractivity contribution in [2.24, 2.45) is 0 Å². The molecule has 2 aromatic carbocycles. The molecule has 2 heteroatoms. The zero-order valence-corrected chi connectivity index (χ0v) is 15.6. The number of nitrogens with zero attached hydrogens (tertiary/aromatic N) is 1. The van der Waals surface area contributed by atoms with Crippen LogP contribution in [0.5, 0.6) is 0 Å². The van der Waals surface area contributed by atoms with Gasteiger partial charge >= 0.3 is 0 Å². The predicted molar refractivity (Wildman–Crippen MR) is 103 cm³/mol. The molecule has 25 heavy (non-hydrogen) atoms. The lowest BCUT2D eigenvalue weighted by molar-refractivity contribution is -0.0426. The van der Waals surface area contributed by atoms with Crippen LogP contribution in [0.4, 0.5) is 0 Å². The highest BCUT2D eigenvalue weighted by molar-refractivity contribution is 5.33. The smallest absolute Gasteiger partial charge is 0.108 e. The molecule has 2 heterocycles. The Morgan fingerprint density at radius 3 is 1.68 bits per heavy atom. The average Bonchev–Trinajstić information content (AvgIpc) is 2.83. The van der Waals surface area contributed by atoms with Crippen molar-refractivity contribution >= 4 is 0 Å². The van der Waals surface area contributed by atoms with Crippen molar-refractivity contribution in [3.05, 3.63) is 70.8 Å². The molecular weight excluding hydrogens is 306 g/mol. The van der Waals surface area contributed by atoms with E-state index in [1.165, 1.54) is 47.9 Å². The summed E-state index contributed by atoms with van der Waals surface area (Å²) in [6.45, 7) is 4.28. The first kappa shape index (κ1) is 16.8. The lowest BCUT2D eigenvalue weighted by Gasteiger charge is -2.38. The van der Waals surface area contributed by atoms with Gasteiger partial charge in [0.15, 0.2) is 0 Å². The van der Waals surface area contributed by atoms with Crippen LogP contribution in [0.2, 0.25) is 0 Å². The van der Waals surface area contributed by atoms with Crippen LogP contribution < -0.4 is 0 Å². The van der Waals surface area contributed by atoms with Gasteiger partial charge in [0, 0.05) is 12.1 Å². The number of hydrogen-bond donors (Lipinski definition) is 0. The summed E-state index contributed by atoms with van der Waals surface area (Å²) in [5.74, 6) is 0. The molecule has 0 saturated carbocycles. The average molecular weight is 335 g/mol. The molecule has 2 aromatic rings. The Bertz CT molecular complexity index is 646. The van der Waals surface area contributed by atoms with Crippen LogP contribution in [-0.4, -0.2) is 30.1 Å². The van der Waals surface area contributed by atoms with Gasteiger partial charge in [-0.25, -0.2) is 0 Å². The van der Waals surface area contributed by atoms with Gasteiger partial charge in [-0.3, -0.25) is 0 Å². The lowest BCUT2D eigenvalue weighted by atomic mass is 9.97. The second-order valence-corrected chi connectivity index (χ2v) is 7.98. The molecule has 2 fully saturated rings. The van der Waals surface area contributed by atoms with Crippen molar-refractivity contribution in [3.8, 4) is 0 Å². The van der Waals surface area contributed by atoms with Crippen LogP contribution >= 0.6 is 0 Å². The number of piperidine rings is 1. The van der Waals surface area contributed by atoms with Crippen LogP contribution in [-0.2, 0) is 4.74 Å². The molecule has 0 spiro atoms. The molecule has 0 N–H and O–H groups in total. The Kier molecular flexibility index (Phi) is 4.66. The summed E-state index contributed by atoms with van der Waals surface area (Å²) in [5.41, 5.74) is 5.12. The third kappa shape index (κ3) is 3.51. The number of fused-ring (bicyclic) bond motifs is 2. The summed E-state index contributed by atoms with van der Waals surface area (Å²) < 4.78 is 6.75. The fraction of sp³-hybridized carbons (Fsp3) is 0.478. The zero-order valence-electron chi connectivity index (χ0n) is 15.6.